The van der Waals surface area contributed by atoms with Gasteiger partial charge in [0.15, 0.2) is 5.65 Å². The molecule has 1 aliphatic heterocycles. The van der Waals surface area contributed by atoms with Crippen LogP contribution in [-0.4, -0.2) is 63.3 Å². The van der Waals surface area contributed by atoms with Crippen molar-refractivity contribution < 1.29 is 4.79 Å². The molecule has 3 aromatic heterocycles. The fourth-order valence-corrected chi connectivity index (χ4v) is 5.56. The maximum atomic E-state index is 12.6. The third kappa shape index (κ3) is 3.30. The number of carbonyl (C=O) groups is 1. The summed E-state index contributed by atoms with van der Waals surface area (Å²) in [6, 6.07) is 2.28. The molecule has 1 amide bonds. The molecule has 30 heavy (non-hydrogen) atoms. The van der Waals surface area contributed by atoms with Gasteiger partial charge in [0, 0.05) is 38.1 Å². The molecule has 1 N–H and O–H groups in total. The molecular weight excluding hydrogens is 400 g/mol. The van der Waals surface area contributed by atoms with Gasteiger partial charge < -0.3 is 10.2 Å². The Morgan fingerprint density at radius 1 is 1.27 bits per heavy atom. The number of aryl methyl sites for hydroxylation is 2. The van der Waals surface area contributed by atoms with E-state index in [0.29, 0.717) is 17.1 Å². The highest BCUT2D eigenvalue weighted by atomic mass is 32.1. The SMILES string of the molecule is Cn1ncc2c(N3CCN(CC(=O)Nc4sc5c(c4C#N)CCC5)CC3)ncnc21. The summed E-state index contributed by atoms with van der Waals surface area (Å²) in [7, 11) is 1.87. The van der Waals surface area contributed by atoms with Crippen LogP contribution in [0.2, 0.25) is 0 Å². The first-order valence-electron chi connectivity index (χ1n) is 10.1. The summed E-state index contributed by atoms with van der Waals surface area (Å²) in [5, 5.41) is 18.4. The molecule has 0 unspecified atom stereocenters. The first-order chi connectivity index (χ1) is 14.6. The third-order valence-corrected chi connectivity index (χ3v) is 7.04. The van der Waals surface area contributed by atoms with Crippen molar-refractivity contribution in [2.45, 2.75) is 19.3 Å². The van der Waals surface area contributed by atoms with Crippen molar-refractivity contribution in [3.05, 3.63) is 28.5 Å². The van der Waals surface area contributed by atoms with Gasteiger partial charge in [0.2, 0.25) is 5.91 Å². The second-order valence-corrected chi connectivity index (χ2v) is 8.79. The average molecular weight is 423 g/mol. The summed E-state index contributed by atoms with van der Waals surface area (Å²) >= 11 is 1.56. The summed E-state index contributed by atoms with van der Waals surface area (Å²) in [6.45, 7) is 3.43. The van der Waals surface area contributed by atoms with Gasteiger partial charge in [-0.1, -0.05) is 0 Å². The molecule has 0 bridgehead atoms. The summed E-state index contributed by atoms with van der Waals surface area (Å²) in [5.41, 5.74) is 2.62. The highest BCUT2D eigenvalue weighted by Crippen LogP contribution is 2.38. The van der Waals surface area contributed by atoms with E-state index in [4.69, 9.17) is 0 Å². The fourth-order valence-electron chi connectivity index (χ4n) is 4.30. The van der Waals surface area contributed by atoms with E-state index in [0.717, 1.165) is 67.9 Å². The predicted molar refractivity (Wildman–Crippen MR) is 115 cm³/mol. The van der Waals surface area contributed by atoms with E-state index in [1.54, 1.807) is 28.5 Å². The van der Waals surface area contributed by atoms with Crippen molar-refractivity contribution >= 4 is 39.1 Å². The van der Waals surface area contributed by atoms with Gasteiger partial charge >= 0.3 is 0 Å². The monoisotopic (exact) mass is 422 g/mol. The van der Waals surface area contributed by atoms with Gasteiger partial charge in [-0.05, 0) is 24.8 Å². The van der Waals surface area contributed by atoms with E-state index in [-0.39, 0.29) is 5.91 Å². The lowest BCUT2D eigenvalue weighted by Crippen LogP contribution is -2.49. The van der Waals surface area contributed by atoms with Gasteiger partial charge in [0.25, 0.3) is 0 Å². The largest absolute Gasteiger partial charge is 0.353 e. The van der Waals surface area contributed by atoms with Crippen molar-refractivity contribution in [2.75, 3.05) is 42.9 Å². The molecule has 2 aliphatic rings. The lowest BCUT2D eigenvalue weighted by Gasteiger charge is -2.35. The van der Waals surface area contributed by atoms with E-state index in [1.165, 1.54) is 4.88 Å². The zero-order valence-electron chi connectivity index (χ0n) is 16.8. The topological polar surface area (TPSA) is 103 Å². The lowest BCUT2D eigenvalue weighted by molar-refractivity contribution is -0.117. The molecule has 0 radical (unpaired) electrons. The highest BCUT2D eigenvalue weighted by molar-refractivity contribution is 7.16. The predicted octanol–water partition coefficient (Wildman–Crippen LogP) is 1.55. The number of carbonyl (C=O) groups excluding carboxylic acids is 1. The van der Waals surface area contributed by atoms with Crippen LogP contribution in [0.1, 0.15) is 22.4 Å². The molecule has 10 heteroatoms. The number of hydrogen-bond donors (Lipinski definition) is 1. The Bertz CT molecular complexity index is 1150. The first-order valence-corrected chi connectivity index (χ1v) is 10.9. The normalized spacial score (nSPS) is 16.6. The number of anilines is 2. The van der Waals surface area contributed by atoms with Crippen LogP contribution in [0, 0.1) is 11.3 Å². The Morgan fingerprint density at radius 3 is 2.90 bits per heavy atom. The molecule has 1 fully saturated rings. The number of piperazine rings is 1. The number of amides is 1. The molecular formula is C20H22N8OS. The fraction of sp³-hybridized carbons (Fsp3) is 0.450. The van der Waals surface area contributed by atoms with Crippen molar-refractivity contribution in [3.63, 3.8) is 0 Å². The summed E-state index contributed by atoms with van der Waals surface area (Å²) in [4.78, 5) is 27.0. The molecule has 5 rings (SSSR count). The van der Waals surface area contributed by atoms with Gasteiger partial charge in [-0.15, -0.1) is 11.3 Å². The lowest BCUT2D eigenvalue weighted by atomic mass is 10.1. The van der Waals surface area contributed by atoms with Crippen LogP contribution in [-0.2, 0) is 24.7 Å². The maximum absolute atomic E-state index is 12.6. The van der Waals surface area contributed by atoms with Crippen LogP contribution >= 0.6 is 11.3 Å². The van der Waals surface area contributed by atoms with Crippen molar-refractivity contribution in [1.82, 2.24) is 24.6 Å². The van der Waals surface area contributed by atoms with Crippen LogP contribution < -0.4 is 10.2 Å². The van der Waals surface area contributed by atoms with Gasteiger partial charge in [-0.3, -0.25) is 14.4 Å². The van der Waals surface area contributed by atoms with Crippen molar-refractivity contribution in [3.8, 4) is 6.07 Å². The van der Waals surface area contributed by atoms with Gasteiger partial charge in [0.05, 0.1) is 23.7 Å². The van der Waals surface area contributed by atoms with E-state index in [9.17, 15) is 10.1 Å². The van der Waals surface area contributed by atoms with Gasteiger partial charge in [-0.2, -0.15) is 10.4 Å². The molecule has 9 nitrogen and oxygen atoms in total. The second-order valence-electron chi connectivity index (χ2n) is 7.69. The summed E-state index contributed by atoms with van der Waals surface area (Å²) in [5.74, 6) is 0.834. The van der Waals surface area contributed by atoms with Crippen LogP contribution in [0.4, 0.5) is 10.8 Å². The van der Waals surface area contributed by atoms with Crippen LogP contribution in [0.3, 0.4) is 0 Å². The number of aromatic nitrogens is 4. The molecule has 0 atom stereocenters. The Balaban J connectivity index is 1.20. The second kappa shape index (κ2) is 7.66. The minimum atomic E-state index is -0.0587. The number of thiophene rings is 1. The standard InChI is InChI=1S/C20H22N8OS/c1-26-18-15(10-24-26)19(23-12-22-18)28-7-5-27(6-8-28)11-17(29)25-20-14(9-21)13-3-2-4-16(13)30-20/h10,12H,2-8,11H2,1H3,(H,25,29). The van der Waals surface area contributed by atoms with Gasteiger partial charge in [-0.25, -0.2) is 9.97 Å². The minimum absolute atomic E-state index is 0.0587. The number of hydrogen-bond acceptors (Lipinski definition) is 8. The molecule has 1 aliphatic carbocycles. The zero-order chi connectivity index (χ0) is 20.7. The first kappa shape index (κ1) is 19.0. The van der Waals surface area contributed by atoms with Crippen LogP contribution in [0.5, 0.6) is 0 Å². The van der Waals surface area contributed by atoms with Crippen LogP contribution in [0.25, 0.3) is 11.0 Å². The third-order valence-electron chi connectivity index (χ3n) is 5.83. The quantitative estimate of drug-likeness (QED) is 0.680. The molecule has 0 saturated carbocycles. The summed E-state index contributed by atoms with van der Waals surface area (Å²) < 4.78 is 1.75. The molecule has 0 spiro atoms. The van der Waals surface area contributed by atoms with Gasteiger partial charge in [0.1, 0.15) is 23.2 Å². The van der Waals surface area contributed by atoms with E-state index in [1.807, 2.05) is 7.05 Å². The number of nitrogens with one attached hydrogen (secondary N) is 1. The van der Waals surface area contributed by atoms with E-state index >= 15 is 0 Å². The molecule has 4 heterocycles. The Hall–Kier alpha value is -3.03. The Labute approximate surface area is 177 Å². The number of nitriles is 1. The maximum Gasteiger partial charge on any atom is 0.239 e. The number of fused-ring (bicyclic) bond motifs is 2. The zero-order valence-corrected chi connectivity index (χ0v) is 17.6. The van der Waals surface area contributed by atoms with E-state index < -0.39 is 0 Å². The van der Waals surface area contributed by atoms with E-state index in [2.05, 4.69) is 36.3 Å². The minimum Gasteiger partial charge on any atom is -0.353 e. The van der Waals surface area contributed by atoms with Crippen LogP contribution in [0.15, 0.2) is 12.5 Å². The smallest absolute Gasteiger partial charge is 0.239 e. The molecule has 0 aromatic carbocycles. The molecule has 154 valence electrons. The summed E-state index contributed by atoms with van der Waals surface area (Å²) in [6.07, 6.45) is 6.44. The van der Waals surface area contributed by atoms with Crippen molar-refractivity contribution in [2.24, 2.45) is 7.05 Å². The highest BCUT2D eigenvalue weighted by Gasteiger charge is 2.25. The average Bonchev–Trinajstić information content (AvgIpc) is 3.43. The Kier molecular flexibility index (Phi) is 4.84. The Morgan fingerprint density at radius 2 is 2.10 bits per heavy atom. The number of nitrogens with zero attached hydrogens (tertiary/aromatic N) is 7. The molecule has 1 saturated heterocycles. The van der Waals surface area contributed by atoms with Crippen molar-refractivity contribution in [1.29, 1.82) is 5.26 Å². The molecule has 3 aromatic rings. The number of rotatable bonds is 4.